The van der Waals surface area contributed by atoms with Crippen molar-refractivity contribution in [3.05, 3.63) is 29.8 Å². The van der Waals surface area contributed by atoms with Gasteiger partial charge in [0.1, 0.15) is 7.28 Å². The monoisotopic (exact) mass is 222 g/mol. The van der Waals surface area contributed by atoms with Gasteiger partial charge in [-0.3, -0.25) is 0 Å². The molecule has 0 spiro atoms. The minimum absolute atomic E-state index is 1.18. The third kappa shape index (κ3) is 2.99. The summed E-state index contributed by atoms with van der Waals surface area (Å²) in [4.78, 5) is 1.45. The van der Waals surface area contributed by atoms with Gasteiger partial charge in [-0.15, -0.1) is 0 Å². The Morgan fingerprint density at radius 2 is 1.86 bits per heavy atom. The van der Waals surface area contributed by atoms with E-state index < -0.39 is 0 Å². The van der Waals surface area contributed by atoms with Crippen molar-refractivity contribution >= 4 is 28.9 Å². The minimum atomic E-state index is 1.18. The van der Waals surface area contributed by atoms with E-state index in [2.05, 4.69) is 24.3 Å². The van der Waals surface area contributed by atoms with Crippen LogP contribution in [0.5, 0.6) is 0 Å². The fourth-order valence-corrected chi connectivity index (χ4v) is 4.21. The van der Waals surface area contributed by atoms with Crippen LogP contribution in [0.25, 0.3) is 0 Å². The Hall–Kier alpha value is -0.0151. The maximum Gasteiger partial charge on any atom is 0.120 e. The number of rotatable bonds is 0. The van der Waals surface area contributed by atoms with E-state index in [1.807, 2.05) is 21.6 Å². The third-order valence-electron chi connectivity index (χ3n) is 2.59. The first-order chi connectivity index (χ1) is 6.97. The van der Waals surface area contributed by atoms with E-state index >= 15 is 0 Å². The highest BCUT2D eigenvalue weighted by Crippen LogP contribution is 2.43. The molecule has 0 radical (unpaired) electrons. The molecule has 1 aromatic rings. The molecule has 14 heavy (non-hydrogen) atoms. The summed E-state index contributed by atoms with van der Waals surface area (Å²) in [7, 11) is 5.30. The smallest absolute Gasteiger partial charge is 0.0841 e. The summed E-state index contributed by atoms with van der Waals surface area (Å²) in [6, 6.07) is 8.57. The van der Waals surface area contributed by atoms with Gasteiger partial charge in [0.15, 0.2) is 0 Å². The molecule has 0 aliphatic carbocycles. The molecule has 0 unspecified atom stereocenters. The zero-order chi connectivity index (χ0) is 9.64. The fourth-order valence-electron chi connectivity index (χ4n) is 1.74. The molecule has 74 valence electrons. The Labute approximate surface area is 94.9 Å². The second kappa shape index (κ2) is 5.77. The van der Waals surface area contributed by atoms with Crippen molar-refractivity contribution in [3.63, 3.8) is 0 Å². The van der Waals surface area contributed by atoms with E-state index in [-0.39, 0.29) is 0 Å². The van der Waals surface area contributed by atoms with Crippen molar-refractivity contribution in [2.24, 2.45) is 0 Å². The van der Waals surface area contributed by atoms with Gasteiger partial charge in [0.25, 0.3) is 0 Å². The van der Waals surface area contributed by atoms with Crippen LogP contribution in [-0.4, -0.2) is 7.28 Å². The van der Waals surface area contributed by atoms with Gasteiger partial charge in [0, 0.05) is 10.6 Å². The van der Waals surface area contributed by atoms with Crippen molar-refractivity contribution in [1.29, 1.82) is 0 Å². The van der Waals surface area contributed by atoms with Gasteiger partial charge in [-0.05, 0) is 11.6 Å². The molecule has 0 nitrogen and oxygen atoms in total. The Kier molecular flexibility index (Phi) is 4.33. The van der Waals surface area contributed by atoms with Crippen LogP contribution in [0, 0.1) is 0 Å². The molecule has 1 saturated heterocycles. The van der Waals surface area contributed by atoms with Crippen molar-refractivity contribution in [3.8, 4) is 0 Å². The molecule has 2 heterocycles. The van der Waals surface area contributed by atoms with Crippen LogP contribution in [0.4, 0.5) is 0 Å². The molecular formula is C11H15BS2. The molecule has 0 bridgehead atoms. The lowest BCUT2D eigenvalue weighted by molar-refractivity contribution is 0.935. The molecule has 3 heteroatoms. The lowest BCUT2D eigenvalue weighted by atomic mass is 9.77. The molecule has 1 fully saturated rings. The lowest BCUT2D eigenvalue weighted by Crippen LogP contribution is -1.73. The van der Waals surface area contributed by atoms with E-state index in [1.165, 1.54) is 49.0 Å². The second-order valence-electron chi connectivity index (χ2n) is 3.72. The molecule has 0 saturated carbocycles. The van der Waals surface area contributed by atoms with Gasteiger partial charge in [-0.1, -0.05) is 65.3 Å². The first kappa shape index (κ1) is 10.5. The number of hydrogen-bond donors (Lipinski definition) is 0. The van der Waals surface area contributed by atoms with E-state index in [1.54, 1.807) is 0 Å². The molecule has 2 aliphatic rings. The molecule has 1 aromatic carbocycles. The standard InChI is InChI=1S/C7H6S2.C4H9B/c1-2-4-7-6(3-1)5-8-9-7;1-2-4-5-3-1/h1-4H,5H2;5H,1-4H2. The highest BCUT2D eigenvalue weighted by molar-refractivity contribution is 8.76. The van der Waals surface area contributed by atoms with Crippen LogP contribution < -0.4 is 0 Å². The average molecular weight is 222 g/mol. The molecular weight excluding hydrogens is 207 g/mol. The molecule has 0 amide bonds. The SMILES string of the molecule is B1CCCC1.c1ccc2c(c1)CSS2. The summed E-state index contributed by atoms with van der Waals surface area (Å²) in [6.07, 6.45) is 6.00. The first-order valence-corrected chi connectivity index (χ1v) is 7.66. The highest BCUT2D eigenvalue weighted by Gasteiger charge is 2.09. The van der Waals surface area contributed by atoms with Gasteiger partial charge in [0.2, 0.25) is 0 Å². The predicted octanol–water partition coefficient (Wildman–Crippen LogP) is 3.99. The molecule has 0 aromatic heterocycles. The van der Waals surface area contributed by atoms with Gasteiger partial charge >= 0.3 is 0 Å². The molecule has 2 aliphatic heterocycles. The van der Waals surface area contributed by atoms with Crippen LogP contribution in [0.15, 0.2) is 29.2 Å². The maximum absolute atomic E-state index is 2.20. The Morgan fingerprint density at radius 3 is 2.50 bits per heavy atom. The Balaban J connectivity index is 0.000000128. The van der Waals surface area contributed by atoms with Crippen molar-refractivity contribution in [2.45, 2.75) is 36.1 Å². The molecule has 0 N–H and O–H groups in total. The van der Waals surface area contributed by atoms with Crippen molar-refractivity contribution in [2.75, 3.05) is 0 Å². The minimum Gasteiger partial charge on any atom is -0.0841 e. The van der Waals surface area contributed by atoms with Gasteiger partial charge < -0.3 is 0 Å². The van der Waals surface area contributed by atoms with E-state index in [9.17, 15) is 0 Å². The summed E-state index contributed by atoms with van der Waals surface area (Å²) in [5.41, 5.74) is 1.49. The van der Waals surface area contributed by atoms with Crippen LogP contribution >= 0.6 is 21.6 Å². The Bertz CT molecular complexity index is 254. The number of fused-ring (bicyclic) bond motifs is 1. The van der Waals surface area contributed by atoms with Crippen LogP contribution in [-0.2, 0) is 5.75 Å². The molecule has 3 rings (SSSR count). The largest absolute Gasteiger partial charge is 0.120 e. The summed E-state index contributed by atoms with van der Waals surface area (Å²) in [5, 5.41) is 0. The van der Waals surface area contributed by atoms with Crippen LogP contribution in [0.3, 0.4) is 0 Å². The first-order valence-electron chi connectivity index (χ1n) is 5.34. The lowest BCUT2D eigenvalue weighted by Gasteiger charge is -1.90. The van der Waals surface area contributed by atoms with Crippen molar-refractivity contribution in [1.82, 2.24) is 0 Å². The summed E-state index contributed by atoms with van der Waals surface area (Å²) in [5.74, 6) is 1.18. The normalized spacial score (nSPS) is 18.0. The van der Waals surface area contributed by atoms with Crippen molar-refractivity contribution < 1.29 is 0 Å². The van der Waals surface area contributed by atoms with E-state index in [0.717, 1.165) is 0 Å². The summed E-state index contributed by atoms with van der Waals surface area (Å²) in [6.45, 7) is 0. The van der Waals surface area contributed by atoms with Crippen LogP contribution in [0.2, 0.25) is 12.6 Å². The average Bonchev–Trinajstić information content (AvgIpc) is 2.92. The summed E-state index contributed by atoms with van der Waals surface area (Å²) >= 11 is 0. The Morgan fingerprint density at radius 1 is 1.07 bits per heavy atom. The number of hydrogen-bond acceptors (Lipinski definition) is 2. The predicted molar refractivity (Wildman–Crippen MR) is 69.6 cm³/mol. The van der Waals surface area contributed by atoms with Gasteiger partial charge in [-0.2, -0.15) is 0 Å². The second-order valence-corrected chi connectivity index (χ2v) is 6.06. The van der Waals surface area contributed by atoms with Gasteiger partial charge in [0.05, 0.1) is 0 Å². The summed E-state index contributed by atoms with van der Waals surface area (Å²) < 4.78 is 0. The zero-order valence-corrected chi connectivity index (χ0v) is 10.0. The van der Waals surface area contributed by atoms with E-state index in [4.69, 9.17) is 0 Å². The maximum atomic E-state index is 2.20. The van der Waals surface area contributed by atoms with Gasteiger partial charge in [-0.25, -0.2) is 0 Å². The fraction of sp³-hybridized carbons (Fsp3) is 0.455. The van der Waals surface area contributed by atoms with E-state index in [0.29, 0.717) is 0 Å². The topological polar surface area (TPSA) is 0 Å². The molecule has 0 atom stereocenters. The quantitative estimate of drug-likeness (QED) is 0.480. The van der Waals surface area contributed by atoms with Crippen LogP contribution in [0.1, 0.15) is 18.4 Å². The third-order valence-corrected chi connectivity index (χ3v) is 4.96. The highest BCUT2D eigenvalue weighted by atomic mass is 33.1. The zero-order valence-electron chi connectivity index (χ0n) is 8.37. The number of benzene rings is 1.